The van der Waals surface area contributed by atoms with Crippen molar-refractivity contribution in [3.8, 4) is 0 Å². The lowest BCUT2D eigenvalue weighted by molar-refractivity contribution is -0.311. The number of alkyl halides is 3. The molecule has 8 heteroatoms. The molecule has 2 rings (SSSR count). The first-order valence-corrected chi connectivity index (χ1v) is 8.17. The van der Waals surface area contributed by atoms with E-state index in [1.807, 2.05) is 19.2 Å². The minimum Gasteiger partial charge on any atom is -0.349 e. The monoisotopic (exact) mass is 338 g/mol. The van der Waals surface area contributed by atoms with Crippen molar-refractivity contribution in [3.63, 3.8) is 0 Å². The predicted octanol–water partition coefficient (Wildman–Crippen LogP) is 1.96. The normalized spacial score (nSPS) is 31.1. The summed E-state index contributed by atoms with van der Waals surface area (Å²) >= 11 is 0. The maximum atomic E-state index is 12.5. The topological polar surface area (TPSA) is 59.6 Å². The summed E-state index contributed by atoms with van der Waals surface area (Å²) in [6.45, 7) is 4.95. The van der Waals surface area contributed by atoms with Crippen LogP contribution in [0.2, 0.25) is 0 Å². The fourth-order valence-corrected chi connectivity index (χ4v) is 3.54. The molecule has 3 atom stereocenters. The van der Waals surface area contributed by atoms with E-state index in [9.17, 15) is 18.0 Å². The molecule has 1 spiro atoms. The molecule has 0 unspecified atom stereocenters. The molecule has 0 bridgehead atoms. The molecule has 5 nitrogen and oxygen atoms in total. The highest BCUT2D eigenvalue weighted by Gasteiger charge is 2.51. The van der Waals surface area contributed by atoms with Gasteiger partial charge in [-0.2, -0.15) is 13.2 Å². The molecule has 1 amide bonds. The van der Waals surface area contributed by atoms with Crippen LogP contribution < -0.4 is 10.6 Å². The number of amides is 1. The van der Waals surface area contributed by atoms with Gasteiger partial charge in [0.1, 0.15) is 0 Å². The maximum Gasteiger partial charge on any atom is 0.471 e. The second-order valence-electron chi connectivity index (χ2n) is 6.34. The smallest absolute Gasteiger partial charge is 0.349 e. The summed E-state index contributed by atoms with van der Waals surface area (Å²) in [5.74, 6) is -3.19. The fourth-order valence-electron chi connectivity index (χ4n) is 3.54. The van der Waals surface area contributed by atoms with Gasteiger partial charge in [-0.15, -0.1) is 0 Å². The van der Waals surface area contributed by atoms with Gasteiger partial charge in [0, 0.05) is 31.0 Å². The largest absolute Gasteiger partial charge is 0.471 e. The van der Waals surface area contributed by atoms with E-state index in [-0.39, 0.29) is 24.5 Å². The third kappa shape index (κ3) is 4.36. The standard InChI is InChI=1S/C15H25F3N2O3/c1-3-5-12-11(9-19-13(21)15(16,17)18)14(8-10(2)20-12)22-6-4-7-23-14/h10-12,20H,3-9H2,1-2H3,(H,19,21)/t10-,11+,12+/m1/s1. The molecule has 0 aromatic carbocycles. The van der Waals surface area contributed by atoms with E-state index in [1.54, 1.807) is 0 Å². The third-order valence-corrected chi connectivity index (χ3v) is 4.46. The fraction of sp³-hybridized carbons (Fsp3) is 0.933. The summed E-state index contributed by atoms with van der Waals surface area (Å²) in [5, 5.41) is 5.41. The van der Waals surface area contributed by atoms with Crippen molar-refractivity contribution in [2.24, 2.45) is 5.92 Å². The molecule has 0 aromatic heterocycles. The van der Waals surface area contributed by atoms with Gasteiger partial charge in [0.05, 0.1) is 13.2 Å². The Labute approximate surface area is 134 Å². The van der Waals surface area contributed by atoms with Gasteiger partial charge >= 0.3 is 12.1 Å². The predicted molar refractivity (Wildman–Crippen MR) is 77.7 cm³/mol. The number of ether oxygens (including phenoxy) is 2. The van der Waals surface area contributed by atoms with Gasteiger partial charge in [-0.25, -0.2) is 0 Å². The minimum absolute atomic E-state index is 0.0598. The zero-order valence-electron chi connectivity index (χ0n) is 13.5. The summed E-state index contributed by atoms with van der Waals surface area (Å²) in [7, 11) is 0. The molecule has 2 fully saturated rings. The Morgan fingerprint density at radius 3 is 2.57 bits per heavy atom. The number of hydrogen-bond donors (Lipinski definition) is 2. The molecule has 2 N–H and O–H groups in total. The maximum absolute atomic E-state index is 12.5. The number of carbonyl (C=O) groups excluding carboxylic acids is 1. The van der Waals surface area contributed by atoms with Crippen LogP contribution in [0.25, 0.3) is 0 Å². The Hall–Kier alpha value is -0.860. The van der Waals surface area contributed by atoms with E-state index in [1.165, 1.54) is 0 Å². The van der Waals surface area contributed by atoms with Crippen LogP contribution in [-0.2, 0) is 14.3 Å². The first-order chi connectivity index (χ1) is 10.8. The van der Waals surface area contributed by atoms with Gasteiger partial charge in [0.15, 0.2) is 5.79 Å². The van der Waals surface area contributed by atoms with Crippen LogP contribution in [0.3, 0.4) is 0 Å². The molecule has 0 saturated carbocycles. The molecular formula is C15H25F3N2O3. The van der Waals surface area contributed by atoms with Crippen LogP contribution in [0.1, 0.15) is 39.5 Å². The molecule has 2 heterocycles. The highest BCUT2D eigenvalue weighted by atomic mass is 19.4. The number of piperidine rings is 1. The molecule has 2 aliphatic rings. The molecule has 0 aromatic rings. The van der Waals surface area contributed by atoms with Crippen LogP contribution in [0.5, 0.6) is 0 Å². The van der Waals surface area contributed by atoms with Gasteiger partial charge in [-0.1, -0.05) is 13.3 Å². The molecule has 134 valence electrons. The van der Waals surface area contributed by atoms with Crippen LogP contribution >= 0.6 is 0 Å². The summed E-state index contributed by atoms with van der Waals surface area (Å²) in [5.41, 5.74) is 0. The third-order valence-electron chi connectivity index (χ3n) is 4.46. The van der Waals surface area contributed by atoms with E-state index in [0.29, 0.717) is 19.6 Å². The summed E-state index contributed by atoms with van der Waals surface area (Å²) < 4.78 is 49.1. The summed E-state index contributed by atoms with van der Waals surface area (Å²) in [6, 6.07) is 0.0783. The van der Waals surface area contributed by atoms with E-state index < -0.39 is 17.9 Å². The zero-order valence-corrected chi connectivity index (χ0v) is 13.5. The SMILES string of the molecule is CCC[C@@H]1N[C@H](C)CC2(OCCCO2)[C@H]1CNC(=O)C(F)(F)F. The number of rotatable bonds is 4. The highest BCUT2D eigenvalue weighted by molar-refractivity contribution is 5.81. The van der Waals surface area contributed by atoms with Gasteiger partial charge < -0.3 is 20.1 Å². The highest BCUT2D eigenvalue weighted by Crippen LogP contribution is 2.39. The minimum atomic E-state index is -4.88. The van der Waals surface area contributed by atoms with Crippen LogP contribution in [-0.4, -0.2) is 49.7 Å². The van der Waals surface area contributed by atoms with Crippen molar-refractivity contribution in [1.29, 1.82) is 0 Å². The van der Waals surface area contributed by atoms with E-state index in [4.69, 9.17) is 9.47 Å². The average Bonchev–Trinajstić information content (AvgIpc) is 2.46. The molecule has 0 aliphatic carbocycles. The van der Waals surface area contributed by atoms with Crippen molar-refractivity contribution in [1.82, 2.24) is 10.6 Å². The van der Waals surface area contributed by atoms with Crippen molar-refractivity contribution < 1.29 is 27.4 Å². The Bertz CT molecular complexity index is 411. The lowest BCUT2D eigenvalue weighted by Gasteiger charge is -2.51. The van der Waals surface area contributed by atoms with Gasteiger partial charge in [-0.3, -0.25) is 4.79 Å². The van der Waals surface area contributed by atoms with Crippen LogP contribution in [0, 0.1) is 5.92 Å². The Morgan fingerprint density at radius 2 is 2.00 bits per heavy atom. The first-order valence-electron chi connectivity index (χ1n) is 8.17. The van der Waals surface area contributed by atoms with Crippen molar-refractivity contribution in [2.45, 2.75) is 63.6 Å². The Morgan fingerprint density at radius 1 is 1.35 bits per heavy atom. The van der Waals surface area contributed by atoms with Gasteiger partial charge in [-0.05, 0) is 19.8 Å². The second kappa shape index (κ2) is 7.36. The Kier molecular flexibility index (Phi) is 5.91. The molecular weight excluding hydrogens is 313 g/mol. The Balaban J connectivity index is 2.14. The number of carbonyl (C=O) groups is 1. The molecule has 2 saturated heterocycles. The first kappa shape index (κ1) is 18.5. The average molecular weight is 338 g/mol. The van der Waals surface area contributed by atoms with Gasteiger partial charge in [0.2, 0.25) is 0 Å². The lowest BCUT2D eigenvalue weighted by Crippen LogP contribution is -2.65. The quantitative estimate of drug-likeness (QED) is 0.823. The lowest BCUT2D eigenvalue weighted by atomic mass is 9.79. The summed E-state index contributed by atoms with van der Waals surface area (Å²) in [6.07, 6.45) is -1.89. The van der Waals surface area contributed by atoms with Crippen LogP contribution in [0.4, 0.5) is 13.2 Å². The zero-order chi connectivity index (χ0) is 17.1. The molecule has 0 radical (unpaired) electrons. The molecule has 23 heavy (non-hydrogen) atoms. The van der Waals surface area contributed by atoms with Crippen molar-refractivity contribution in [3.05, 3.63) is 0 Å². The number of hydrogen-bond acceptors (Lipinski definition) is 4. The van der Waals surface area contributed by atoms with E-state index >= 15 is 0 Å². The number of halogens is 3. The molecule has 2 aliphatic heterocycles. The van der Waals surface area contributed by atoms with Crippen LogP contribution in [0.15, 0.2) is 0 Å². The summed E-state index contributed by atoms with van der Waals surface area (Å²) in [4.78, 5) is 11.2. The second-order valence-corrected chi connectivity index (χ2v) is 6.34. The van der Waals surface area contributed by atoms with Crippen molar-refractivity contribution in [2.75, 3.05) is 19.8 Å². The van der Waals surface area contributed by atoms with E-state index in [0.717, 1.165) is 19.3 Å². The van der Waals surface area contributed by atoms with Crippen molar-refractivity contribution >= 4 is 5.91 Å². The van der Waals surface area contributed by atoms with Gasteiger partial charge in [0.25, 0.3) is 0 Å². The van der Waals surface area contributed by atoms with E-state index in [2.05, 4.69) is 5.32 Å². The number of nitrogens with one attached hydrogen (secondary N) is 2.